The van der Waals surface area contributed by atoms with Crippen LogP contribution in [0.3, 0.4) is 0 Å². The van der Waals surface area contributed by atoms with E-state index in [-0.39, 0.29) is 25.7 Å². The van der Waals surface area contributed by atoms with Crippen LogP contribution in [0.5, 0.6) is 11.5 Å². The van der Waals surface area contributed by atoms with E-state index in [1.54, 1.807) is 55.5 Å². The zero-order chi connectivity index (χ0) is 27.2. The molecule has 0 radical (unpaired) electrons. The Hall–Kier alpha value is -4.41. The second kappa shape index (κ2) is 11.8. The van der Waals surface area contributed by atoms with Gasteiger partial charge in [0, 0.05) is 19.2 Å². The summed E-state index contributed by atoms with van der Waals surface area (Å²) in [5.41, 5.74) is -0.998. The number of likely N-dealkylation sites (tertiary alicyclic amines) is 1. The van der Waals surface area contributed by atoms with Gasteiger partial charge < -0.3 is 19.1 Å². The molecule has 1 atom stereocenters. The molecular weight excluding hydrogens is 492 g/mol. The lowest BCUT2D eigenvalue weighted by atomic mass is 9.98. The molecule has 0 bridgehead atoms. The Bertz CT molecular complexity index is 1450. The number of hydrogen-bond acceptors (Lipinski definition) is 8. The minimum atomic E-state index is -0.819. The summed E-state index contributed by atoms with van der Waals surface area (Å²) < 4.78 is 17.7. The average molecular weight is 523 g/mol. The van der Waals surface area contributed by atoms with Crippen LogP contribution in [0.4, 0.5) is 0 Å². The van der Waals surface area contributed by atoms with E-state index in [1.165, 1.54) is 19.1 Å². The number of amides is 1. The van der Waals surface area contributed by atoms with E-state index < -0.39 is 28.8 Å². The highest BCUT2D eigenvalue weighted by molar-refractivity contribution is 5.92. The number of carbonyl (C=O) groups excluding carboxylic acids is 2. The summed E-state index contributed by atoms with van der Waals surface area (Å²) >= 11 is 0. The molecule has 0 saturated carbocycles. The van der Waals surface area contributed by atoms with Crippen molar-refractivity contribution in [3.8, 4) is 17.2 Å². The SMILES string of the molecule is CCOC(=O)[C@H]1CCCN(C(=O)c2nn(-c3cccc(OC)c3)c(=O)n(Cc3cccc(OC)c3)c2=O)C1. The van der Waals surface area contributed by atoms with Crippen molar-refractivity contribution < 1.29 is 23.8 Å². The highest BCUT2D eigenvalue weighted by atomic mass is 16.5. The summed E-state index contributed by atoms with van der Waals surface area (Å²) in [7, 11) is 3.01. The molecular formula is C27H30N4O7. The summed E-state index contributed by atoms with van der Waals surface area (Å²) in [5.74, 6) is -0.485. The highest BCUT2D eigenvalue weighted by Gasteiger charge is 2.32. The smallest absolute Gasteiger partial charge is 0.352 e. The van der Waals surface area contributed by atoms with Gasteiger partial charge in [0.1, 0.15) is 11.5 Å². The van der Waals surface area contributed by atoms with Crippen molar-refractivity contribution in [2.24, 2.45) is 5.92 Å². The predicted octanol–water partition coefficient (Wildman–Crippen LogP) is 1.87. The topological polar surface area (TPSA) is 122 Å². The van der Waals surface area contributed by atoms with Crippen molar-refractivity contribution in [1.29, 1.82) is 0 Å². The quantitative estimate of drug-likeness (QED) is 0.411. The van der Waals surface area contributed by atoms with Crippen molar-refractivity contribution in [3.05, 3.63) is 80.6 Å². The number of benzene rings is 2. The first-order chi connectivity index (χ1) is 18.4. The van der Waals surface area contributed by atoms with E-state index >= 15 is 0 Å². The lowest BCUT2D eigenvalue weighted by Gasteiger charge is -2.31. The van der Waals surface area contributed by atoms with E-state index in [1.807, 2.05) is 0 Å². The molecule has 0 unspecified atom stereocenters. The molecule has 11 heteroatoms. The van der Waals surface area contributed by atoms with Gasteiger partial charge in [0.15, 0.2) is 0 Å². The summed E-state index contributed by atoms with van der Waals surface area (Å²) in [6.07, 6.45) is 1.15. The van der Waals surface area contributed by atoms with Crippen LogP contribution in [0.1, 0.15) is 35.8 Å². The Morgan fingerprint density at radius 3 is 2.45 bits per heavy atom. The normalized spacial score (nSPS) is 15.1. The maximum Gasteiger partial charge on any atom is 0.352 e. The number of methoxy groups -OCH3 is 2. The van der Waals surface area contributed by atoms with Crippen molar-refractivity contribution in [2.45, 2.75) is 26.3 Å². The van der Waals surface area contributed by atoms with E-state index in [0.29, 0.717) is 42.1 Å². The molecule has 3 aromatic rings. The minimum Gasteiger partial charge on any atom is -0.497 e. The summed E-state index contributed by atoms with van der Waals surface area (Å²) in [6, 6.07) is 13.5. The molecule has 1 saturated heterocycles. The number of nitrogens with zero attached hydrogens (tertiary/aromatic N) is 4. The molecule has 0 N–H and O–H groups in total. The minimum absolute atomic E-state index is 0.104. The average Bonchev–Trinajstić information content (AvgIpc) is 2.95. The third-order valence-electron chi connectivity index (χ3n) is 6.36. The molecule has 0 spiro atoms. The Labute approximate surface area is 219 Å². The molecule has 0 aliphatic carbocycles. The lowest BCUT2D eigenvalue weighted by molar-refractivity contribution is -0.149. The fraction of sp³-hybridized carbons (Fsp3) is 0.370. The van der Waals surface area contributed by atoms with Crippen LogP contribution < -0.4 is 20.7 Å². The van der Waals surface area contributed by atoms with Crippen molar-refractivity contribution in [1.82, 2.24) is 19.2 Å². The van der Waals surface area contributed by atoms with Gasteiger partial charge in [-0.2, -0.15) is 9.78 Å². The van der Waals surface area contributed by atoms with Gasteiger partial charge in [0.2, 0.25) is 5.69 Å². The Morgan fingerprint density at radius 2 is 1.74 bits per heavy atom. The molecule has 200 valence electrons. The Morgan fingerprint density at radius 1 is 1.03 bits per heavy atom. The molecule has 1 amide bonds. The van der Waals surface area contributed by atoms with Crippen molar-refractivity contribution in [2.75, 3.05) is 33.9 Å². The predicted molar refractivity (Wildman–Crippen MR) is 138 cm³/mol. The zero-order valence-electron chi connectivity index (χ0n) is 21.6. The largest absolute Gasteiger partial charge is 0.497 e. The van der Waals surface area contributed by atoms with Gasteiger partial charge in [-0.3, -0.25) is 19.0 Å². The molecule has 11 nitrogen and oxygen atoms in total. The third-order valence-corrected chi connectivity index (χ3v) is 6.36. The first-order valence-corrected chi connectivity index (χ1v) is 12.3. The van der Waals surface area contributed by atoms with Gasteiger partial charge in [-0.05, 0) is 49.6 Å². The van der Waals surface area contributed by atoms with Crippen molar-refractivity contribution >= 4 is 11.9 Å². The Kier molecular flexibility index (Phi) is 8.25. The molecule has 38 heavy (non-hydrogen) atoms. The number of carbonyl (C=O) groups is 2. The number of ether oxygens (including phenoxy) is 3. The number of rotatable bonds is 8. The second-order valence-electron chi connectivity index (χ2n) is 8.83. The summed E-state index contributed by atoms with van der Waals surface area (Å²) in [6.45, 7) is 2.32. The number of aromatic nitrogens is 3. The van der Waals surface area contributed by atoms with Crippen molar-refractivity contribution in [3.63, 3.8) is 0 Å². The Balaban J connectivity index is 1.80. The first-order valence-electron chi connectivity index (χ1n) is 12.3. The molecule has 4 rings (SSSR count). The molecule has 1 aliphatic rings. The maximum atomic E-state index is 13.6. The molecule has 1 fully saturated rings. The fourth-order valence-electron chi connectivity index (χ4n) is 4.42. The van der Waals surface area contributed by atoms with Crippen LogP contribution in [0, 0.1) is 5.92 Å². The zero-order valence-corrected chi connectivity index (χ0v) is 21.6. The van der Waals surface area contributed by atoms with E-state index in [9.17, 15) is 19.2 Å². The van der Waals surface area contributed by atoms with Gasteiger partial charge in [-0.25, -0.2) is 4.79 Å². The van der Waals surface area contributed by atoms with Crippen LogP contribution in [0.25, 0.3) is 5.69 Å². The fourth-order valence-corrected chi connectivity index (χ4v) is 4.42. The van der Waals surface area contributed by atoms with Crippen LogP contribution in [0.2, 0.25) is 0 Å². The van der Waals surface area contributed by atoms with E-state index in [4.69, 9.17) is 14.2 Å². The summed E-state index contributed by atoms with van der Waals surface area (Å²) in [4.78, 5) is 54.4. The highest BCUT2D eigenvalue weighted by Crippen LogP contribution is 2.20. The van der Waals surface area contributed by atoms with Gasteiger partial charge in [0.05, 0.1) is 39.0 Å². The van der Waals surface area contributed by atoms with Crippen LogP contribution in [0.15, 0.2) is 58.1 Å². The molecule has 1 aromatic heterocycles. The van der Waals surface area contributed by atoms with Crippen LogP contribution in [-0.4, -0.2) is 65.0 Å². The second-order valence-corrected chi connectivity index (χ2v) is 8.83. The number of hydrogen-bond donors (Lipinski definition) is 0. The van der Waals surface area contributed by atoms with Crippen LogP contribution >= 0.6 is 0 Å². The number of esters is 1. The van der Waals surface area contributed by atoms with Crippen LogP contribution in [-0.2, 0) is 16.1 Å². The van der Waals surface area contributed by atoms with Gasteiger partial charge in [-0.15, -0.1) is 0 Å². The summed E-state index contributed by atoms with van der Waals surface area (Å²) in [5, 5.41) is 4.22. The van der Waals surface area contributed by atoms with Gasteiger partial charge >= 0.3 is 11.7 Å². The molecule has 2 aromatic carbocycles. The van der Waals surface area contributed by atoms with E-state index in [2.05, 4.69) is 5.10 Å². The monoisotopic (exact) mass is 522 g/mol. The maximum absolute atomic E-state index is 13.6. The molecule has 1 aliphatic heterocycles. The first kappa shape index (κ1) is 26.6. The standard InChI is InChI=1S/C27H30N4O7/c1-4-38-26(34)19-9-7-13-29(17-19)24(32)23-25(33)30(16-18-8-5-11-21(14-18)36-2)27(35)31(28-23)20-10-6-12-22(15-20)37-3/h5-6,8,10-12,14-15,19H,4,7,9,13,16-17H2,1-3H3/t19-/m0/s1. The number of piperidine rings is 1. The molecule has 2 heterocycles. The van der Waals surface area contributed by atoms with Gasteiger partial charge in [0.25, 0.3) is 11.5 Å². The lowest BCUT2D eigenvalue weighted by Crippen LogP contribution is -2.49. The van der Waals surface area contributed by atoms with Gasteiger partial charge in [-0.1, -0.05) is 18.2 Å². The third kappa shape index (κ3) is 5.61. The van der Waals surface area contributed by atoms with E-state index in [0.717, 1.165) is 9.25 Å².